The van der Waals surface area contributed by atoms with Crippen molar-refractivity contribution < 1.29 is 13.6 Å². The van der Waals surface area contributed by atoms with Gasteiger partial charge in [0.05, 0.1) is 6.21 Å². The van der Waals surface area contributed by atoms with Gasteiger partial charge in [0.1, 0.15) is 17.1 Å². The van der Waals surface area contributed by atoms with Crippen LogP contribution < -0.4 is 5.43 Å². The number of amides is 1. The van der Waals surface area contributed by atoms with Gasteiger partial charge in [0, 0.05) is 16.9 Å². The number of nitrogens with one attached hydrogen (secondary N) is 1. The first kappa shape index (κ1) is 14.8. The van der Waals surface area contributed by atoms with Gasteiger partial charge in [-0.2, -0.15) is 5.10 Å². The highest BCUT2D eigenvalue weighted by Crippen LogP contribution is 2.47. The Kier molecular flexibility index (Phi) is 3.49. The standard InChI is InChI=1S/C19H18N2O3/c1-11-9-15(11)17-8-7-13(23-17)10-20-21-19(22)18-12(2)14-5-3-4-6-16(14)24-18/h3-8,10-11,15H,9H2,1-2H3,(H,21,22)/b20-10-/t11-,15+/m1/s1. The Bertz CT molecular complexity index is 935. The Balaban J connectivity index is 1.45. The van der Waals surface area contributed by atoms with Gasteiger partial charge < -0.3 is 8.83 Å². The molecule has 5 nitrogen and oxygen atoms in total. The van der Waals surface area contributed by atoms with E-state index in [2.05, 4.69) is 17.5 Å². The quantitative estimate of drug-likeness (QED) is 0.577. The van der Waals surface area contributed by atoms with E-state index in [0.717, 1.165) is 16.7 Å². The molecule has 0 unspecified atom stereocenters. The molecule has 2 heterocycles. The van der Waals surface area contributed by atoms with Gasteiger partial charge in [-0.05, 0) is 37.5 Å². The number of hydrogen-bond donors (Lipinski definition) is 1. The van der Waals surface area contributed by atoms with Crippen molar-refractivity contribution in [3.63, 3.8) is 0 Å². The molecule has 1 aliphatic rings. The Morgan fingerprint density at radius 3 is 2.79 bits per heavy atom. The minimum absolute atomic E-state index is 0.278. The summed E-state index contributed by atoms with van der Waals surface area (Å²) in [6, 6.07) is 11.4. The van der Waals surface area contributed by atoms with Crippen LogP contribution in [-0.4, -0.2) is 12.1 Å². The molecule has 2 atom stereocenters. The lowest BCUT2D eigenvalue weighted by Crippen LogP contribution is -2.17. The van der Waals surface area contributed by atoms with Gasteiger partial charge in [0.2, 0.25) is 0 Å². The van der Waals surface area contributed by atoms with Crippen LogP contribution in [0.25, 0.3) is 11.0 Å². The zero-order valence-corrected chi connectivity index (χ0v) is 13.6. The number of para-hydroxylation sites is 1. The van der Waals surface area contributed by atoms with E-state index >= 15 is 0 Å². The number of aryl methyl sites for hydroxylation is 1. The fourth-order valence-corrected chi connectivity index (χ4v) is 2.95. The van der Waals surface area contributed by atoms with Crippen molar-refractivity contribution in [3.05, 3.63) is 59.2 Å². The minimum atomic E-state index is -0.373. The van der Waals surface area contributed by atoms with Crippen molar-refractivity contribution >= 4 is 23.1 Å². The SMILES string of the molecule is Cc1c(C(=O)N/N=C\c2ccc([C@H]3C[C@H]3C)o2)oc2ccccc12. The number of rotatable bonds is 4. The summed E-state index contributed by atoms with van der Waals surface area (Å²) < 4.78 is 11.3. The van der Waals surface area contributed by atoms with Crippen molar-refractivity contribution in [2.24, 2.45) is 11.0 Å². The molecule has 3 aromatic rings. The normalized spacial score (nSPS) is 19.9. The third kappa shape index (κ3) is 2.62. The fraction of sp³-hybridized carbons (Fsp3) is 0.263. The summed E-state index contributed by atoms with van der Waals surface area (Å²) in [5.74, 6) is 2.74. The Morgan fingerprint density at radius 1 is 1.25 bits per heavy atom. The first-order valence-corrected chi connectivity index (χ1v) is 8.04. The van der Waals surface area contributed by atoms with E-state index in [1.54, 1.807) is 0 Å². The molecule has 5 heteroatoms. The highest BCUT2D eigenvalue weighted by atomic mass is 16.3. The number of furan rings is 2. The van der Waals surface area contributed by atoms with Crippen molar-refractivity contribution in [1.82, 2.24) is 5.43 Å². The molecule has 1 amide bonds. The number of hydrazone groups is 1. The number of nitrogens with zero attached hydrogens (tertiary/aromatic N) is 1. The van der Waals surface area contributed by atoms with E-state index in [1.807, 2.05) is 43.3 Å². The van der Waals surface area contributed by atoms with E-state index in [9.17, 15) is 4.79 Å². The van der Waals surface area contributed by atoms with Crippen LogP contribution >= 0.6 is 0 Å². The number of hydrogen-bond acceptors (Lipinski definition) is 4. The molecule has 0 radical (unpaired) electrons. The average molecular weight is 322 g/mol. The molecule has 1 fully saturated rings. The Labute approximate surface area is 139 Å². The molecular formula is C19H18N2O3. The van der Waals surface area contributed by atoms with E-state index in [1.165, 1.54) is 12.6 Å². The van der Waals surface area contributed by atoms with Crippen LogP contribution in [0.3, 0.4) is 0 Å². The van der Waals surface area contributed by atoms with Crippen LogP contribution in [0.2, 0.25) is 0 Å². The van der Waals surface area contributed by atoms with Gasteiger partial charge >= 0.3 is 5.91 Å². The number of carbonyl (C=O) groups excluding carboxylic acids is 1. The van der Waals surface area contributed by atoms with Gasteiger partial charge in [-0.3, -0.25) is 4.79 Å². The molecule has 1 saturated carbocycles. The zero-order chi connectivity index (χ0) is 16.7. The molecule has 0 saturated heterocycles. The summed E-state index contributed by atoms with van der Waals surface area (Å²) in [4.78, 5) is 12.2. The average Bonchev–Trinajstić information content (AvgIpc) is 2.99. The monoisotopic (exact) mass is 322 g/mol. The van der Waals surface area contributed by atoms with Crippen molar-refractivity contribution in [3.8, 4) is 0 Å². The Morgan fingerprint density at radius 2 is 2.04 bits per heavy atom. The topological polar surface area (TPSA) is 67.7 Å². The lowest BCUT2D eigenvalue weighted by atomic mass is 10.1. The molecule has 122 valence electrons. The van der Waals surface area contributed by atoms with E-state index in [4.69, 9.17) is 8.83 Å². The molecule has 24 heavy (non-hydrogen) atoms. The molecule has 0 bridgehead atoms. The van der Waals surface area contributed by atoms with Gasteiger partial charge in [-0.1, -0.05) is 25.1 Å². The second-order valence-electron chi connectivity index (χ2n) is 6.31. The summed E-state index contributed by atoms with van der Waals surface area (Å²) in [5, 5.41) is 4.89. The molecule has 1 aromatic carbocycles. The van der Waals surface area contributed by atoms with Crippen LogP contribution in [0.15, 0.2) is 50.3 Å². The molecule has 4 rings (SSSR count). The largest absolute Gasteiger partial charge is 0.460 e. The van der Waals surface area contributed by atoms with Crippen LogP contribution in [0, 0.1) is 12.8 Å². The summed E-state index contributed by atoms with van der Waals surface area (Å²) in [6.07, 6.45) is 2.68. The molecule has 2 aromatic heterocycles. The second-order valence-corrected chi connectivity index (χ2v) is 6.31. The highest BCUT2D eigenvalue weighted by Gasteiger charge is 2.36. The third-order valence-electron chi connectivity index (χ3n) is 4.53. The second kappa shape index (κ2) is 5.67. The first-order valence-electron chi connectivity index (χ1n) is 8.04. The number of fused-ring (bicyclic) bond motifs is 1. The smallest absolute Gasteiger partial charge is 0.307 e. The van der Waals surface area contributed by atoms with Gasteiger partial charge in [0.25, 0.3) is 0 Å². The highest BCUT2D eigenvalue weighted by molar-refractivity contribution is 5.99. The summed E-state index contributed by atoms with van der Waals surface area (Å²) in [6.45, 7) is 4.07. The van der Waals surface area contributed by atoms with E-state index in [0.29, 0.717) is 23.2 Å². The van der Waals surface area contributed by atoms with Crippen LogP contribution in [0.5, 0.6) is 0 Å². The van der Waals surface area contributed by atoms with Crippen LogP contribution in [0.4, 0.5) is 0 Å². The van der Waals surface area contributed by atoms with Gasteiger partial charge in [-0.25, -0.2) is 5.43 Å². The summed E-state index contributed by atoms with van der Waals surface area (Å²) in [7, 11) is 0. The molecule has 0 aliphatic heterocycles. The minimum Gasteiger partial charge on any atom is -0.460 e. The summed E-state index contributed by atoms with van der Waals surface area (Å²) >= 11 is 0. The molecule has 1 N–H and O–H groups in total. The number of benzene rings is 1. The molecular weight excluding hydrogens is 304 g/mol. The molecule has 0 spiro atoms. The third-order valence-corrected chi connectivity index (χ3v) is 4.53. The maximum absolute atomic E-state index is 12.2. The van der Waals surface area contributed by atoms with Gasteiger partial charge in [-0.15, -0.1) is 0 Å². The lowest BCUT2D eigenvalue weighted by molar-refractivity contribution is 0.0929. The molecule has 1 aliphatic carbocycles. The zero-order valence-electron chi connectivity index (χ0n) is 13.6. The maximum atomic E-state index is 12.2. The summed E-state index contributed by atoms with van der Waals surface area (Å²) in [5.41, 5.74) is 3.99. The van der Waals surface area contributed by atoms with Crippen molar-refractivity contribution in [2.45, 2.75) is 26.2 Å². The van der Waals surface area contributed by atoms with Crippen molar-refractivity contribution in [1.29, 1.82) is 0 Å². The van der Waals surface area contributed by atoms with E-state index < -0.39 is 0 Å². The predicted octanol–water partition coefficient (Wildman–Crippen LogP) is 4.22. The van der Waals surface area contributed by atoms with Crippen LogP contribution in [0.1, 0.15) is 46.9 Å². The lowest BCUT2D eigenvalue weighted by Gasteiger charge is -1.96. The van der Waals surface area contributed by atoms with Crippen LogP contribution in [-0.2, 0) is 0 Å². The van der Waals surface area contributed by atoms with Crippen molar-refractivity contribution in [2.75, 3.05) is 0 Å². The Hall–Kier alpha value is -2.82. The van der Waals surface area contributed by atoms with E-state index in [-0.39, 0.29) is 11.7 Å². The number of carbonyl (C=O) groups is 1. The first-order chi connectivity index (χ1) is 11.6. The maximum Gasteiger partial charge on any atom is 0.307 e. The predicted molar refractivity (Wildman–Crippen MR) is 91.2 cm³/mol. The van der Waals surface area contributed by atoms with Gasteiger partial charge in [0.15, 0.2) is 5.76 Å². The fourth-order valence-electron chi connectivity index (χ4n) is 2.95.